The lowest BCUT2D eigenvalue weighted by atomic mass is 10.3. The van der Waals surface area contributed by atoms with E-state index in [4.69, 9.17) is 5.26 Å². The Morgan fingerprint density at radius 3 is 2.79 bits per heavy atom. The Morgan fingerprint density at radius 2 is 2.21 bits per heavy atom. The fourth-order valence-corrected chi connectivity index (χ4v) is 0.891. The topological polar surface area (TPSA) is 88.5 Å². The highest BCUT2D eigenvalue weighted by Crippen LogP contribution is 2.10. The van der Waals surface area contributed by atoms with Crippen LogP contribution in [-0.4, -0.2) is 20.3 Å². The summed E-state index contributed by atoms with van der Waals surface area (Å²) in [5.41, 5.74) is 1.29. The van der Waals surface area contributed by atoms with E-state index in [1.807, 2.05) is 6.92 Å². The van der Waals surface area contributed by atoms with Gasteiger partial charge in [0.05, 0.1) is 5.69 Å². The zero-order valence-corrected chi connectivity index (χ0v) is 7.30. The normalized spacial score (nSPS) is 9.71. The molecule has 0 aliphatic carbocycles. The third-order valence-corrected chi connectivity index (χ3v) is 1.55. The van der Waals surface area contributed by atoms with Crippen molar-refractivity contribution < 1.29 is 4.52 Å². The third kappa shape index (κ3) is 1.43. The Hall–Kier alpha value is -2.29. The monoisotopic (exact) mass is 187 g/mol. The van der Waals surface area contributed by atoms with Crippen LogP contribution < -0.4 is 0 Å². The van der Waals surface area contributed by atoms with Gasteiger partial charge >= 0.3 is 5.89 Å². The number of hydrogen-bond donors (Lipinski definition) is 0. The Kier molecular flexibility index (Phi) is 1.91. The van der Waals surface area contributed by atoms with Gasteiger partial charge in [-0.2, -0.15) is 15.3 Å². The van der Waals surface area contributed by atoms with E-state index in [2.05, 4.69) is 24.9 Å². The molecular weight excluding hydrogens is 182 g/mol. The maximum Gasteiger partial charge on any atom is 0.329 e. The first-order valence-corrected chi connectivity index (χ1v) is 3.84. The van der Waals surface area contributed by atoms with E-state index < -0.39 is 0 Å². The maximum absolute atomic E-state index is 8.46. The summed E-state index contributed by atoms with van der Waals surface area (Å²) >= 11 is 0. The van der Waals surface area contributed by atoms with Crippen molar-refractivity contribution in [3.05, 3.63) is 23.7 Å². The van der Waals surface area contributed by atoms with Gasteiger partial charge in [0.15, 0.2) is 6.07 Å². The van der Waals surface area contributed by atoms with Crippen LogP contribution in [-0.2, 0) is 0 Å². The van der Waals surface area contributed by atoms with Gasteiger partial charge in [-0.1, -0.05) is 5.16 Å². The average molecular weight is 187 g/mol. The van der Waals surface area contributed by atoms with Crippen molar-refractivity contribution in [1.82, 2.24) is 20.3 Å². The van der Waals surface area contributed by atoms with Gasteiger partial charge in [-0.15, -0.1) is 5.10 Å². The standard InChI is InChI=1S/C8H5N5O/c1-5-2-3-6(12-11-5)8-10-7(4-9)14-13-8/h2-3H,1H3. The summed E-state index contributed by atoms with van der Waals surface area (Å²) in [6.07, 6.45) is 0. The number of nitrogens with zero attached hydrogens (tertiary/aromatic N) is 5. The highest BCUT2D eigenvalue weighted by atomic mass is 16.5. The molecule has 68 valence electrons. The fraction of sp³-hybridized carbons (Fsp3) is 0.125. The molecule has 0 unspecified atom stereocenters. The highest BCUT2D eigenvalue weighted by molar-refractivity contribution is 5.47. The number of hydrogen-bond acceptors (Lipinski definition) is 6. The van der Waals surface area contributed by atoms with Crippen LogP contribution in [0.3, 0.4) is 0 Å². The molecule has 2 aromatic rings. The van der Waals surface area contributed by atoms with Crippen molar-refractivity contribution in [2.24, 2.45) is 0 Å². The first kappa shape index (κ1) is 8.31. The van der Waals surface area contributed by atoms with Gasteiger partial charge in [0.2, 0.25) is 5.82 Å². The summed E-state index contributed by atoms with van der Waals surface area (Å²) in [6, 6.07) is 5.24. The van der Waals surface area contributed by atoms with Crippen LogP contribution >= 0.6 is 0 Å². The van der Waals surface area contributed by atoms with Gasteiger partial charge in [-0.25, -0.2) is 0 Å². The first-order valence-electron chi connectivity index (χ1n) is 3.84. The molecule has 6 heteroatoms. The predicted octanol–water partition coefficient (Wildman–Crippen LogP) is 0.707. The lowest BCUT2D eigenvalue weighted by molar-refractivity contribution is 0.408. The zero-order chi connectivity index (χ0) is 9.97. The van der Waals surface area contributed by atoms with Crippen LogP contribution in [0.25, 0.3) is 11.5 Å². The Balaban J connectivity index is 2.40. The minimum atomic E-state index is -0.0811. The fourth-order valence-electron chi connectivity index (χ4n) is 0.891. The van der Waals surface area contributed by atoms with Crippen molar-refractivity contribution in [3.8, 4) is 17.6 Å². The summed E-state index contributed by atoms with van der Waals surface area (Å²) in [5.74, 6) is 0.191. The summed E-state index contributed by atoms with van der Waals surface area (Å²) in [5, 5.41) is 19.7. The van der Waals surface area contributed by atoms with Crippen LogP contribution in [0.4, 0.5) is 0 Å². The molecule has 0 saturated heterocycles. The van der Waals surface area contributed by atoms with E-state index in [0.717, 1.165) is 5.69 Å². The van der Waals surface area contributed by atoms with Gasteiger partial charge < -0.3 is 4.52 Å². The molecule has 2 aromatic heterocycles. The number of nitriles is 1. The molecule has 0 aliphatic rings. The minimum absolute atomic E-state index is 0.0811. The molecule has 0 aromatic carbocycles. The molecule has 0 radical (unpaired) electrons. The molecule has 0 aliphatic heterocycles. The van der Waals surface area contributed by atoms with Crippen LogP contribution in [0.1, 0.15) is 11.6 Å². The number of aryl methyl sites for hydroxylation is 1. The number of aromatic nitrogens is 4. The van der Waals surface area contributed by atoms with E-state index in [1.165, 1.54) is 0 Å². The second-order valence-corrected chi connectivity index (χ2v) is 2.59. The molecule has 0 atom stereocenters. The summed E-state index contributed by atoms with van der Waals surface area (Å²) in [4.78, 5) is 3.79. The van der Waals surface area contributed by atoms with E-state index in [9.17, 15) is 0 Å². The lowest BCUT2D eigenvalue weighted by Crippen LogP contribution is -1.90. The SMILES string of the molecule is Cc1ccc(-c2noc(C#N)n2)nn1. The maximum atomic E-state index is 8.46. The van der Waals surface area contributed by atoms with Gasteiger partial charge in [0.25, 0.3) is 0 Å². The quantitative estimate of drug-likeness (QED) is 0.653. The third-order valence-electron chi connectivity index (χ3n) is 1.55. The van der Waals surface area contributed by atoms with E-state index in [1.54, 1.807) is 18.2 Å². The van der Waals surface area contributed by atoms with Crippen LogP contribution in [0.5, 0.6) is 0 Å². The van der Waals surface area contributed by atoms with Crippen molar-refractivity contribution in [2.75, 3.05) is 0 Å². The smallest absolute Gasteiger partial charge is 0.322 e. The van der Waals surface area contributed by atoms with Crippen molar-refractivity contribution in [3.63, 3.8) is 0 Å². The van der Waals surface area contributed by atoms with Crippen molar-refractivity contribution in [2.45, 2.75) is 6.92 Å². The van der Waals surface area contributed by atoms with E-state index >= 15 is 0 Å². The van der Waals surface area contributed by atoms with Gasteiger partial charge in [-0.3, -0.25) is 0 Å². The Morgan fingerprint density at radius 1 is 1.36 bits per heavy atom. The molecule has 0 saturated carbocycles. The molecule has 0 bridgehead atoms. The largest absolute Gasteiger partial charge is 0.329 e. The van der Waals surface area contributed by atoms with E-state index in [-0.39, 0.29) is 11.7 Å². The second-order valence-electron chi connectivity index (χ2n) is 2.59. The highest BCUT2D eigenvalue weighted by Gasteiger charge is 2.08. The average Bonchev–Trinajstić information content (AvgIpc) is 2.67. The minimum Gasteiger partial charge on any atom is -0.322 e. The second kappa shape index (κ2) is 3.22. The predicted molar refractivity (Wildman–Crippen MR) is 44.8 cm³/mol. The van der Waals surface area contributed by atoms with Gasteiger partial charge in [0.1, 0.15) is 5.69 Å². The molecule has 0 fully saturated rings. The Bertz CT molecular complexity index is 481. The summed E-state index contributed by atoms with van der Waals surface area (Å²) in [6.45, 7) is 1.83. The zero-order valence-electron chi connectivity index (χ0n) is 7.30. The molecule has 2 heterocycles. The molecule has 14 heavy (non-hydrogen) atoms. The molecule has 0 N–H and O–H groups in total. The summed E-state index contributed by atoms with van der Waals surface area (Å²) < 4.78 is 4.61. The van der Waals surface area contributed by atoms with Crippen molar-refractivity contribution in [1.29, 1.82) is 5.26 Å². The molecule has 6 nitrogen and oxygen atoms in total. The lowest BCUT2D eigenvalue weighted by Gasteiger charge is -1.91. The molecule has 0 spiro atoms. The Labute approximate surface area is 79.2 Å². The number of rotatable bonds is 1. The first-order chi connectivity index (χ1) is 6.79. The molecule has 2 rings (SSSR count). The van der Waals surface area contributed by atoms with Crippen LogP contribution in [0.2, 0.25) is 0 Å². The van der Waals surface area contributed by atoms with Crippen LogP contribution in [0, 0.1) is 18.3 Å². The van der Waals surface area contributed by atoms with Crippen molar-refractivity contribution >= 4 is 0 Å². The van der Waals surface area contributed by atoms with E-state index in [0.29, 0.717) is 5.69 Å². The van der Waals surface area contributed by atoms with Gasteiger partial charge in [-0.05, 0) is 19.1 Å². The molecule has 0 amide bonds. The van der Waals surface area contributed by atoms with Gasteiger partial charge in [0, 0.05) is 0 Å². The van der Waals surface area contributed by atoms with Crippen LogP contribution in [0.15, 0.2) is 16.7 Å². The molecular formula is C8H5N5O. The summed E-state index contributed by atoms with van der Waals surface area (Å²) in [7, 11) is 0.